The van der Waals surface area contributed by atoms with E-state index in [1.807, 2.05) is 6.92 Å². The summed E-state index contributed by atoms with van der Waals surface area (Å²) in [6.45, 7) is 4.10. The summed E-state index contributed by atoms with van der Waals surface area (Å²) < 4.78 is 0. The minimum atomic E-state index is 0. The maximum Gasteiger partial charge on any atom is 0.104 e. The number of benzene rings is 2. The molecule has 0 amide bonds. The molecule has 0 aliphatic heterocycles. The lowest BCUT2D eigenvalue weighted by atomic mass is 10.1. The van der Waals surface area contributed by atoms with Crippen LogP contribution in [0, 0.1) is 13.8 Å². The van der Waals surface area contributed by atoms with Crippen molar-refractivity contribution in [1.82, 2.24) is 9.97 Å². The number of hydrogen-bond donors (Lipinski definition) is 1. The molecule has 0 aliphatic carbocycles. The molecule has 0 bridgehead atoms. The lowest BCUT2D eigenvalue weighted by molar-refractivity contribution is 1.17. The van der Waals surface area contributed by atoms with E-state index in [9.17, 15) is 0 Å². The molecule has 76 valence electrons. The Bertz CT molecular complexity index is 655. The number of imidazole rings is 1. The molecule has 0 saturated heterocycles. The minimum Gasteiger partial charge on any atom is -0.342 e. The Balaban J connectivity index is 0.000000963. The number of aromatic amines is 1. The fourth-order valence-corrected chi connectivity index (χ4v) is 2.04. The van der Waals surface area contributed by atoms with Gasteiger partial charge in [0.2, 0.25) is 0 Å². The first-order valence-electron chi connectivity index (χ1n) is 5.10. The molecule has 3 aromatic rings. The van der Waals surface area contributed by atoms with Crippen LogP contribution in [0.5, 0.6) is 0 Å². The van der Waals surface area contributed by atoms with E-state index in [2.05, 4.69) is 47.2 Å². The second kappa shape index (κ2) is 2.83. The molecular weight excluding hydrogens is 184 g/mol. The number of rotatable bonds is 0. The van der Waals surface area contributed by atoms with E-state index in [0.717, 1.165) is 16.9 Å². The molecule has 15 heavy (non-hydrogen) atoms. The van der Waals surface area contributed by atoms with Crippen molar-refractivity contribution >= 4 is 21.8 Å². The van der Waals surface area contributed by atoms with Crippen molar-refractivity contribution in [3.8, 4) is 0 Å². The van der Waals surface area contributed by atoms with Crippen LogP contribution in [0.1, 0.15) is 12.8 Å². The van der Waals surface area contributed by atoms with E-state index in [4.69, 9.17) is 0 Å². The summed E-state index contributed by atoms with van der Waals surface area (Å²) >= 11 is 0. The Kier molecular flexibility index (Phi) is 1.60. The van der Waals surface area contributed by atoms with Gasteiger partial charge in [-0.2, -0.15) is 0 Å². The van der Waals surface area contributed by atoms with Crippen LogP contribution in [-0.4, -0.2) is 9.97 Å². The zero-order valence-electron chi connectivity index (χ0n) is 8.83. The zero-order valence-corrected chi connectivity index (χ0v) is 8.83. The van der Waals surface area contributed by atoms with Gasteiger partial charge in [-0.1, -0.05) is 29.8 Å². The molecule has 0 aliphatic rings. The normalized spacial score (nSPS) is 11.3. The fourth-order valence-electron chi connectivity index (χ4n) is 2.04. The molecule has 0 saturated carbocycles. The molecule has 0 fully saturated rings. The summed E-state index contributed by atoms with van der Waals surface area (Å²) in [5.41, 5.74) is 3.47. The van der Waals surface area contributed by atoms with Gasteiger partial charge in [0.05, 0.1) is 11.0 Å². The molecule has 0 atom stereocenters. The highest BCUT2D eigenvalue weighted by Crippen LogP contribution is 2.24. The van der Waals surface area contributed by atoms with Crippen molar-refractivity contribution in [2.24, 2.45) is 0 Å². The van der Waals surface area contributed by atoms with E-state index in [-0.39, 0.29) is 1.43 Å². The van der Waals surface area contributed by atoms with Crippen molar-refractivity contribution in [3.63, 3.8) is 0 Å². The van der Waals surface area contributed by atoms with Crippen LogP contribution < -0.4 is 0 Å². The first-order valence-corrected chi connectivity index (χ1v) is 5.10. The van der Waals surface area contributed by atoms with Crippen LogP contribution in [0.3, 0.4) is 0 Å². The number of nitrogens with zero attached hydrogens (tertiary/aromatic N) is 1. The Hall–Kier alpha value is -1.83. The second-order valence-corrected chi connectivity index (χ2v) is 4.01. The van der Waals surface area contributed by atoms with E-state index >= 15 is 0 Å². The molecule has 2 aromatic carbocycles. The van der Waals surface area contributed by atoms with Gasteiger partial charge < -0.3 is 4.98 Å². The van der Waals surface area contributed by atoms with Crippen LogP contribution in [0.4, 0.5) is 0 Å². The molecule has 1 aromatic heterocycles. The highest BCUT2D eigenvalue weighted by atomic mass is 14.9. The first kappa shape index (κ1) is 8.48. The zero-order chi connectivity index (χ0) is 10.4. The number of fused-ring (bicyclic) bond motifs is 3. The molecule has 1 heterocycles. The summed E-state index contributed by atoms with van der Waals surface area (Å²) in [4.78, 5) is 7.77. The molecule has 2 nitrogen and oxygen atoms in total. The third kappa shape index (κ3) is 1.22. The van der Waals surface area contributed by atoms with Crippen molar-refractivity contribution in [2.75, 3.05) is 0 Å². The van der Waals surface area contributed by atoms with Crippen LogP contribution in [0.15, 0.2) is 30.3 Å². The third-order valence-corrected chi connectivity index (χ3v) is 2.74. The minimum absolute atomic E-state index is 0. The number of aryl methyl sites for hydroxylation is 2. The Morgan fingerprint density at radius 3 is 2.87 bits per heavy atom. The molecule has 0 radical (unpaired) electrons. The van der Waals surface area contributed by atoms with Crippen LogP contribution in [0.2, 0.25) is 0 Å². The maximum absolute atomic E-state index is 4.52. The van der Waals surface area contributed by atoms with E-state index in [1.165, 1.54) is 16.3 Å². The summed E-state index contributed by atoms with van der Waals surface area (Å²) in [7, 11) is 0. The standard InChI is InChI=1S/C13H12N2.H2/c1-8-3-5-11-10(7-8)4-6-12-13(11)15-9(2)14-12;/h3-7H,1-2H3,(H,14,15);1H. The molecule has 2 heteroatoms. The van der Waals surface area contributed by atoms with Crippen LogP contribution in [0.25, 0.3) is 21.8 Å². The van der Waals surface area contributed by atoms with Gasteiger partial charge >= 0.3 is 0 Å². The van der Waals surface area contributed by atoms with Crippen molar-refractivity contribution in [2.45, 2.75) is 13.8 Å². The van der Waals surface area contributed by atoms with Gasteiger partial charge in [0.15, 0.2) is 0 Å². The fraction of sp³-hybridized carbons (Fsp3) is 0.154. The highest BCUT2D eigenvalue weighted by Gasteiger charge is 2.03. The molecular formula is C13H14N2. The number of nitrogens with one attached hydrogen (secondary N) is 1. The lowest BCUT2D eigenvalue weighted by Gasteiger charge is -1.99. The summed E-state index contributed by atoms with van der Waals surface area (Å²) in [6.07, 6.45) is 0. The largest absolute Gasteiger partial charge is 0.342 e. The van der Waals surface area contributed by atoms with Crippen molar-refractivity contribution < 1.29 is 1.43 Å². The maximum atomic E-state index is 4.52. The average molecular weight is 198 g/mol. The number of aromatic nitrogens is 2. The van der Waals surface area contributed by atoms with Gasteiger partial charge in [-0.3, -0.25) is 0 Å². The number of hydrogen-bond acceptors (Lipinski definition) is 1. The van der Waals surface area contributed by atoms with E-state index in [0.29, 0.717) is 0 Å². The molecule has 0 spiro atoms. The van der Waals surface area contributed by atoms with E-state index < -0.39 is 0 Å². The van der Waals surface area contributed by atoms with Crippen LogP contribution >= 0.6 is 0 Å². The average Bonchev–Trinajstić information content (AvgIpc) is 2.58. The van der Waals surface area contributed by atoms with E-state index in [1.54, 1.807) is 0 Å². The SMILES string of the molecule is Cc1ccc2c(ccc3[nH]c(C)nc32)c1.[HH]. The Morgan fingerprint density at radius 2 is 2.00 bits per heavy atom. The Labute approximate surface area is 89.4 Å². The first-order chi connectivity index (χ1) is 7.24. The smallest absolute Gasteiger partial charge is 0.104 e. The predicted molar refractivity (Wildman–Crippen MR) is 65.2 cm³/mol. The monoisotopic (exact) mass is 198 g/mol. The van der Waals surface area contributed by atoms with Crippen molar-refractivity contribution in [1.29, 1.82) is 0 Å². The molecule has 1 N–H and O–H groups in total. The van der Waals surface area contributed by atoms with Gasteiger partial charge in [0.1, 0.15) is 5.82 Å². The van der Waals surface area contributed by atoms with Gasteiger partial charge in [0, 0.05) is 6.81 Å². The molecule has 0 unspecified atom stereocenters. The Morgan fingerprint density at radius 1 is 1.13 bits per heavy atom. The van der Waals surface area contributed by atoms with Crippen LogP contribution in [-0.2, 0) is 0 Å². The number of H-pyrrole nitrogens is 1. The summed E-state index contributed by atoms with van der Waals surface area (Å²) in [5, 5.41) is 2.48. The topological polar surface area (TPSA) is 28.7 Å². The van der Waals surface area contributed by atoms with Gasteiger partial charge in [-0.25, -0.2) is 4.98 Å². The summed E-state index contributed by atoms with van der Waals surface area (Å²) in [5.74, 6) is 0.970. The summed E-state index contributed by atoms with van der Waals surface area (Å²) in [6, 6.07) is 10.7. The quantitative estimate of drug-likeness (QED) is 0.587. The predicted octanol–water partition coefficient (Wildman–Crippen LogP) is 3.58. The highest BCUT2D eigenvalue weighted by molar-refractivity contribution is 6.04. The van der Waals surface area contributed by atoms with Crippen molar-refractivity contribution in [3.05, 3.63) is 41.7 Å². The molecule has 3 rings (SSSR count). The second-order valence-electron chi connectivity index (χ2n) is 4.01. The van der Waals surface area contributed by atoms with Gasteiger partial charge in [0.25, 0.3) is 0 Å². The lowest BCUT2D eigenvalue weighted by Crippen LogP contribution is -1.77. The van der Waals surface area contributed by atoms with Gasteiger partial charge in [-0.15, -0.1) is 0 Å². The van der Waals surface area contributed by atoms with Gasteiger partial charge in [-0.05, 0) is 25.3 Å². The third-order valence-electron chi connectivity index (χ3n) is 2.74.